The highest BCUT2D eigenvalue weighted by Gasteiger charge is 2.27. The van der Waals surface area contributed by atoms with Crippen LogP contribution in [-0.4, -0.2) is 49.7 Å². The van der Waals surface area contributed by atoms with Gasteiger partial charge in [-0.15, -0.1) is 0 Å². The van der Waals surface area contributed by atoms with E-state index < -0.39 is 15.8 Å². The molecule has 0 saturated carbocycles. The molecule has 1 aliphatic rings. The summed E-state index contributed by atoms with van der Waals surface area (Å²) >= 11 is 0. The summed E-state index contributed by atoms with van der Waals surface area (Å²) in [4.78, 5) is 14.1. The maximum Gasteiger partial charge on any atom is 0.246 e. The molecule has 0 bridgehead atoms. The van der Waals surface area contributed by atoms with E-state index in [0.717, 1.165) is 17.7 Å². The molecular formula is C20H21FN2O3S. The van der Waals surface area contributed by atoms with Crippen molar-refractivity contribution in [3.63, 3.8) is 0 Å². The van der Waals surface area contributed by atoms with Gasteiger partial charge in [0.05, 0.1) is 4.90 Å². The molecule has 142 valence electrons. The fourth-order valence-corrected chi connectivity index (χ4v) is 4.42. The maximum absolute atomic E-state index is 13.1. The Morgan fingerprint density at radius 1 is 0.926 bits per heavy atom. The second kappa shape index (κ2) is 8.45. The lowest BCUT2D eigenvalue weighted by atomic mass is 10.2. The van der Waals surface area contributed by atoms with Crippen molar-refractivity contribution in [1.29, 1.82) is 0 Å². The summed E-state index contributed by atoms with van der Waals surface area (Å²) in [6.07, 6.45) is 3.81. The van der Waals surface area contributed by atoms with Crippen molar-refractivity contribution in [1.82, 2.24) is 9.21 Å². The average Bonchev–Trinajstić information content (AvgIpc) is 2.94. The highest BCUT2D eigenvalue weighted by atomic mass is 32.2. The fourth-order valence-electron chi connectivity index (χ4n) is 2.95. The number of carbonyl (C=O) groups excluding carboxylic acids is 1. The second-order valence-corrected chi connectivity index (χ2v) is 8.22. The summed E-state index contributed by atoms with van der Waals surface area (Å²) in [6.45, 7) is 1.35. The number of hydrogen-bond donors (Lipinski definition) is 0. The van der Waals surface area contributed by atoms with Crippen molar-refractivity contribution in [3.05, 3.63) is 72.1 Å². The summed E-state index contributed by atoms with van der Waals surface area (Å²) in [6, 6.07) is 14.3. The minimum absolute atomic E-state index is 0.0626. The van der Waals surface area contributed by atoms with Gasteiger partial charge in [-0.2, -0.15) is 4.31 Å². The molecule has 0 aromatic heterocycles. The first-order chi connectivity index (χ1) is 13.0. The highest BCUT2D eigenvalue weighted by Crippen LogP contribution is 2.18. The first-order valence-corrected chi connectivity index (χ1v) is 10.2. The van der Waals surface area contributed by atoms with Gasteiger partial charge in [0.25, 0.3) is 0 Å². The zero-order chi connectivity index (χ0) is 19.3. The van der Waals surface area contributed by atoms with E-state index >= 15 is 0 Å². The topological polar surface area (TPSA) is 57.7 Å². The minimum Gasteiger partial charge on any atom is -0.338 e. The lowest BCUT2D eigenvalue weighted by Crippen LogP contribution is -2.36. The van der Waals surface area contributed by atoms with Crippen LogP contribution in [0.25, 0.3) is 6.08 Å². The molecule has 1 heterocycles. The fraction of sp³-hybridized carbons (Fsp3) is 0.250. The monoisotopic (exact) mass is 388 g/mol. The number of amides is 1. The van der Waals surface area contributed by atoms with E-state index in [0.29, 0.717) is 26.1 Å². The van der Waals surface area contributed by atoms with Gasteiger partial charge in [0.2, 0.25) is 15.9 Å². The predicted molar refractivity (Wildman–Crippen MR) is 102 cm³/mol. The molecule has 1 aliphatic heterocycles. The SMILES string of the molecule is O=C(/C=C/c1ccccc1)N1CCCN(S(=O)(=O)c2ccc(F)cc2)CC1. The van der Waals surface area contributed by atoms with Crippen molar-refractivity contribution in [3.8, 4) is 0 Å². The quantitative estimate of drug-likeness (QED) is 0.757. The number of hydrogen-bond acceptors (Lipinski definition) is 3. The number of rotatable bonds is 4. The van der Waals surface area contributed by atoms with Gasteiger partial charge in [-0.1, -0.05) is 30.3 Å². The van der Waals surface area contributed by atoms with E-state index in [1.807, 2.05) is 30.3 Å². The molecule has 1 amide bonds. The summed E-state index contributed by atoms with van der Waals surface area (Å²) < 4.78 is 39.9. The van der Waals surface area contributed by atoms with Crippen LogP contribution in [0.3, 0.4) is 0 Å². The van der Waals surface area contributed by atoms with Gasteiger partial charge in [0.15, 0.2) is 0 Å². The Hall–Kier alpha value is -2.51. The maximum atomic E-state index is 13.1. The second-order valence-electron chi connectivity index (χ2n) is 6.28. The Bertz CT molecular complexity index is 912. The zero-order valence-electron chi connectivity index (χ0n) is 14.8. The van der Waals surface area contributed by atoms with E-state index in [1.165, 1.54) is 22.5 Å². The van der Waals surface area contributed by atoms with Gasteiger partial charge in [0, 0.05) is 32.3 Å². The number of halogens is 1. The van der Waals surface area contributed by atoms with Crippen molar-refractivity contribution < 1.29 is 17.6 Å². The molecule has 0 atom stereocenters. The zero-order valence-corrected chi connectivity index (χ0v) is 15.6. The Balaban J connectivity index is 1.65. The van der Waals surface area contributed by atoms with Crippen LogP contribution >= 0.6 is 0 Å². The van der Waals surface area contributed by atoms with Crippen LogP contribution in [0, 0.1) is 5.82 Å². The minimum atomic E-state index is -3.70. The molecule has 0 aliphatic carbocycles. The molecular weight excluding hydrogens is 367 g/mol. The first-order valence-electron chi connectivity index (χ1n) is 8.74. The number of benzene rings is 2. The van der Waals surface area contributed by atoms with Gasteiger partial charge in [-0.3, -0.25) is 4.79 Å². The lowest BCUT2D eigenvalue weighted by Gasteiger charge is -2.21. The van der Waals surface area contributed by atoms with E-state index in [2.05, 4.69) is 0 Å². The Kier molecular flexibility index (Phi) is 6.03. The van der Waals surface area contributed by atoms with Crippen LogP contribution in [0.4, 0.5) is 4.39 Å². The predicted octanol–water partition coefficient (Wildman–Crippen LogP) is 2.76. The van der Waals surface area contributed by atoms with E-state index in [-0.39, 0.29) is 17.3 Å². The van der Waals surface area contributed by atoms with Crippen LogP contribution in [0.1, 0.15) is 12.0 Å². The number of carbonyl (C=O) groups is 1. The lowest BCUT2D eigenvalue weighted by molar-refractivity contribution is -0.125. The third kappa shape index (κ3) is 4.81. The molecule has 1 fully saturated rings. The van der Waals surface area contributed by atoms with Crippen molar-refractivity contribution in [2.75, 3.05) is 26.2 Å². The number of nitrogens with zero attached hydrogens (tertiary/aromatic N) is 2. The molecule has 1 saturated heterocycles. The standard InChI is InChI=1S/C20H21FN2O3S/c21-18-8-10-19(11-9-18)27(25,26)23-14-4-13-22(15-16-23)20(24)12-7-17-5-2-1-3-6-17/h1-3,5-12H,4,13-16H2/b12-7+. The van der Waals surface area contributed by atoms with Crippen LogP contribution in [0.2, 0.25) is 0 Å². The average molecular weight is 388 g/mol. The summed E-state index contributed by atoms with van der Waals surface area (Å²) in [5.41, 5.74) is 0.932. The van der Waals surface area contributed by atoms with Crippen LogP contribution in [0.5, 0.6) is 0 Å². The van der Waals surface area contributed by atoms with Crippen molar-refractivity contribution in [2.24, 2.45) is 0 Å². The summed E-state index contributed by atoms with van der Waals surface area (Å²) in [5.74, 6) is -0.619. The van der Waals surface area contributed by atoms with E-state index in [1.54, 1.807) is 11.0 Å². The normalized spacial score (nSPS) is 16.4. The van der Waals surface area contributed by atoms with Crippen LogP contribution in [0.15, 0.2) is 65.6 Å². The van der Waals surface area contributed by atoms with Crippen molar-refractivity contribution in [2.45, 2.75) is 11.3 Å². The molecule has 2 aromatic rings. The van der Waals surface area contributed by atoms with E-state index in [4.69, 9.17) is 0 Å². The molecule has 5 nitrogen and oxygen atoms in total. The smallest absolute Gasteiger partial charge is 0.246 e. The summed E-state index contributed by atoms with van der Waals surface area (Å²) in [5, 5.41) is 0. The molecule has 27 heavy (non-hydrogen) atoms. The molecule has 0 N–H and O–H groups in total. The van der Waals surface area contributed by atoms with E-state index in [9.17, 15) is 17.6 Å². The molecule has 3 rings (SSSR count). The first kappa shape index (κ1) is 19.3. The third-order valence-electron chi connectivity index (χ3n) is 4.44. The van der Waals surface area contributed by atoms with Gasteiger partial charge >= 0.3 is 0 Å². The summed E-state index contributed by atoms with van der Waals surface area (Å²) in [7, 11) is -3.70. The molecule has 0 spiro atoms. The highest BCUT2D eigenvalue weighted by molar-refractivity contribution is 7.89. The Labute approximate surface area is 158 Å². The largest absolute Gasteiger partial charge is 0.338 e. The van der Waals surface area contributed by atoms with Crippen LogP contribution in [-0.2, 0) is 14.8 Å². The Morgan fingerprint density at radius 2 is 1.63 bits per heavy atom. The van der Waals surface area contributed by atoms with Gasteiger partial charge < -0.3 is 4.90 Å². The van der Waals surface area contributed by atoms with Crippen LogP contribution < -0.4 is 0 Å². The van der Waals surface area contributed by atoms with Crippen molar-refractivity contribution >= 4 is 22.0 Å². The molecule has 0 unspecified atom stereocenters. The molecule has 0 radical (unpaired) electrons. The van der Waals surface area contributed by atoms with Gasteiger partial charge in [-0.25, -0.2) is 12.8 Å². The molecule has 2 aromatic carbocycles. The Morgan fingerprint density at radius 3 is 2.33 bits per heavy atom. The third-order valence-corrected chi connectivity index (χ3v) is 6.35. The molecule has 7 heteroatoms. The van der Waals surface area contributed by atoms with Gasteiger partial charge in [0.1, 0.15) is 5.82 Å². The van der Waals surface area contributed by atoms with Gasteiger partial charge in [-0.05, 0) is 42.3 Å². The number of sulfonamides is 1.